The molecule has 0 radical (unpaired) electrons. The molecule has 12 heavy (non-hydrogen) atoms. The number of methoxy groups -OCH3 is 1. The summed E-state index contributed by atoms with van der Waals surface area (Å²) in [7, 11) is 1.51. The molecule has 0 aliphatic heterocycles. The first-order valence-corrected chi connectivity index (χ1v) is 4.49. The van der Waals surface area contributed by atoms with Crippen molar-refractivity contribution >= 4 is 22.6 Å². The fourth-order valence-electron chi connectivity index (χ4n) is 0.915. The number of halogens is 2. The minimum Gasteiger partial charge on any atom is -0.496 e. The Bertz CT molecular complexity index is 265. The lowest BCUT2D eigenvalue weighted by atomic mass is 10.2. The molecular formula is C8H9FINO. The number of hydrogen-bond acceptors (Lipinski definition) is 2. The van der Waals surface area contributed by atoms with Gasteiger partial charge in [-0.25, -0.2) is 4.39 Å². The summed E-state index contributed by atoms with van der Waals surface area (Å²) in [5.74, 6) is 0.226. The molecule has 0 unspecified atom stereocenters. The van der Waals surface area contributed by atoms with Crippen LogP contribution < -0.4 is 10.5 Å². The van der Waals surface area contributed by atoms with E-state index >= 15 is 0 Å². The van der Waals surface area contributed by atoms with Crippen molar-refractivity contribution in [2.75, 3.05) is 7.11 Å². The molecular weight excluding hydrogens is 272 g/mol. The Balaban J connectivity index is 3.22. The van der Waals surface area contributed by atoms with Gasteiger partial charge in [0.15, 0.2) is 0 Å². The zero-order chi connectivity index (χ0) is 9.14. The average molecular weight is 281 g/mol. The fourth-order valence-corrected chi connectivity index (χ4v) is 1.67. The van der Waals surface area contributed by atoms with Gasteiger partial charge in [0.1, 0.15) is 11.6 Å². The van der Waals surface area contributed by atoms with Crippen molar-refractivity contribution in [3.8, 4) is 5.75 Å². The van der Waals surface area contributed by atoms with E-state index in [4.69, 9.17) is 10.5 Å². The SMILES string of the molecule is COc1cc(F)cc(CN)c1I. The largest absolute Gasteiger partial charge is 0.496 e. The summed E-state index contributed by atoms with van der Waals surface area (Å²) >= 11 is 2.09. The van der Waals surface area contributed by atoms with Crippen LogP contribution in [0.4, 0.5) is 4.39 Å². The van der Waals surface area contributed by atoms with Gasteiger partial charge in [0.2, 0.25) is 0 Å². The molecule has 0 atom stereocenters. The van der Waals surface area contributed by atoms with E-state index in [1.807, 2.05) is 0 Å². The third kappa shape index (κ3) is 1.87. The second-order valence-corrected chi connectivity index (χ2v) is 3.36. The molecule has 1 aromatic rings. The van der Waals surface area contributed by atoms with Crippen LogP contribution in [0.15, 0.2) is 12.1 Å². The Hall–Kier alpha value is -0.360. The quantitative estimate of drug-likeness (QED) is 0.840. The first-order chi connectivity index (χ1) is 5.69. The number of nitrogens with two attached hydrogens (primary N) is 1. The van der Waals surface area contributed by atoms with Crippen LogP contribution >= 0.6 is 22.6 Å². The van der Waals surface area contributed by atoms with Gasteiger partial charge >= 0.3 is 0 Å². The second kappa shape index (κ2) is 4.04. The first-order valence-electron chi connectivity index (χ1n) is 3.41. The maximum Gasteiger partial charge on any atom is 0.135 e. The van der Waals surface area contributed by atoms with Gasteiger partial charge < -0.3 is 10.5 Å². The van der Waals surface area contributed by atoms with Crippen molar-refractivity contribution in [1.29, 1.82) is 0 Å². The maximum atomic E-state index is 12.8. The van der Waals surface area contributed by atoms with Gasteiger partial charge in [-0.1, -0.05) is 0 Å². The molecule has 0 spiro atoms. The molecule has 4 heteroatoms. The molecule has 0 bridgehead atoms. The van der Waals surface area contributed by atoms with Crippen LogP contribution in [0, 0.1) is 9.39 Å². The Morgan fingerprint density at radius 1 is 1.58 bits per heavy atom. The molecule has 2 N–H and O–H groups in total. The Morgan fingerprint density at radius 3 is 2.75 bits per heavy atom. The molecule has 0 amide bonds. The molecule has 1 aromatic carbocycles. The van der Waals surface area contributed by atoms with Crippen molar-refractivity contribution < 1.29 is 9.13 Å². The van der Waals surface area contributed by atoms with Crippen LogP contribution in [-0.2, 0) is 6.54 Å². The number of rotatable bonds is 2. The van der Waals surface area contributed by atoms with Gasteiger partial charge in [-0.15, -0.1) is 0 Å². The van der Waals surface area contributed by atoms with Crippen molar-refractivity contribution in [3.05, 3.63) is 27.1 Å². The van der Waals surface area contributed by atoms with E-state index in [2.05, 4.69) is 22.6 Å². The highest BCUT2D eigenvalue weighted by Crippen LogP contribution is 2.25. The number of ether oxygens (including phenoxy) is 1. The normalized spacial score (nSPS) is 10.0. The van der Waals surface area contributed by atoms with E-state index in [-0.39, 0.29) is 5.82 Å². The summed E-state index contributed by atoms with van der Waals surface area (Å²) in [6, 6.07) is 2.77. The smallest absolute Gasteiger partial charge is 0.135 e. The lowest BCUT2D eigenvalue weighted by molar-refractivity contribution is 0.407. The van der Waals surface area contributed by atoms with E-state index in [9.17, 15) is 4.39 Å². The topological polar surface area (TPSA) is 35.2 Å². The summed E-state index contributed by atoms with van der Waals surface area (Å²) < 4.78 is 18.7. The van der Waals surface area contributed by atoms with Crippen LogP contribution in [0.1, 0.15) is 5.56 Å². The predicted octanol–water partition coefficient (Wildman–Crippen LogP) is 1.90. The van der Waals surface area contributed by atoms with Gasteiger partial charge in [-0.3, -0.25) is 0 Å². The Morgan fingerprint density at radius 2 is 2.25 bits per heavy atom. The predicted molar refractivity (Wildman–Crippen MR) is 53.6 cm³/mol. The van der Waals surface area contributed by atoms with Crippen LogP contribution in [0.2, 0.25) is 0 Å². The molecule has 0 aromatic heterocycles. The standard InChI is InChI=1S/C8H9FINO/c1-12-7-3-6(9)2-5(4-11)8(7)10/h2-3H,4,11H2,1H3. The Kier molecular flexibility index (Phi) is 3.28. The summed E-state index contributed by atoms with van der Waals surface area (Å²) in [6.45, 7) is 0.326. The summed E-state index contributed by atoms with van der Waals surface area (Å²) in [6.07, 6.45) is 0. The first kappa shape index (κ1) is 9.73. The highest BCUT2D eigenvalue weighted by atomic mass is 127. The maximum absolute atomic E-state index is 12.8. The third-order valence-electron chi connectivity index (χ3n) is 1.52. The molecule has 66 valence electrons. The third-order valence-corrected chi connectivity index (χ3v) is 2.74. The zero-order valence-corrected chi connectivity index (χ0v) is 8.76. The van der Waals surface area contributed by atoms with Gasteiger partial charge in [-0.05, 0) is 34.2 Å². The van der Waals surface area contributed by atoms with E-state index in [1.54, 1.807) is 0 Å². The summed E-state index contributed by atoms with van der Waals surface area (Å²) in [5, 5.41) is 0. The summed E-state index contributed by atoms with van der Waals surface area (Å²) in [5.41, 5.74) is 6.19. The molecule has 0 saturated carbocycles. The summed E-state index contributed by atoms with van der Waals surface area (Å²) in [4.78, 5) is 0. The van der Waals surface area contributed by atoms with Gasteiger partial charge in [-0.2, -0.15) is 0 Å². The van der Waals surface area contributed by atoms with E-state index in [1.165, 1.54) is 19.2 Å². The molecule has 0 fully saturated rings. The van der Waals surface area contributed by atoms with Crippen LogP contribution in [0.25, 0.3) is 0 Å². The molecule has 2 nitrogen and oxygen atoms in total. The average Bonchev–Trinajstić information content (AvgIpc) is 2.08. The number of hydrogen-bond donors (Lipinski definition) is 1. The van der Waals surface area contributed by atoms with Crippen molar-refractivity contribution in [1.82, 2.24) is 0 Å². The number of benzene rings is 1. The highest BCUT2D eigenvalue weighted by Gasteiger charge is 2.07. The monoisotopic (exact) mass is 281 g/mol. The van der Waals surface area contributed by atoms with Crippen molar-refractivity contribution in [2.45, 2.75) is 6.54 Å². The molecule has 0 heterocycles. The van der Waals surface area contributed by atoms with E-state index < -0.39 is 0 Å². The van der Waals surface area contributed by atoms with Gasteiger partial charge in [0, 0.05) is 12.6 Å². The van der Waals surface area contributed by atoms with Crippen molar-refractivity contribution in [3.63, 3.8) is 0 Å². The van der Waals surface area contributed by atoms with E-state index in [0.29, 0.717) is 12.3 Å². The van der Waals surface area contributed by atoms with Crippen molar-refractivity contribution in [2.24, 2.45) is 5.73 Å². The zero-order valence-electron chi connectivity index (χ0n) is 6.60. The molecule has 0 saturated heterocycles. The lowest BCUT2D eigenvalue weighted by Crippen LogP contribution is -2.01. The van der Waals surface area contributed by atoms with Crippen LogP contribution in [0.3, 0.4) is 0 Å². The molecule has 1 rings (SSSR count). The highest BCUT2D eigenvalue weighted by molar-refractivity contribution is 14.1. The minimum atomic E-state index is -0.312. The minimum absolute atomic E-state index is 0.312. The molecule has 0 aliphatic rings. The molecule has 0 aliphatic carbocycles. The lowest BCUT2D eigenvalue weighted by Gasteiger charge is -2.07. The van der Waals surface area contributed by atoms with E-state index in [0.717, 1.165) is 9.13 Å². The van der Waals surface area contributed by atoms with Gasteiger partial charge in [0.05, 0.1) is 10.7 Å². The van der Waals surface area contributed by atoms with Crippen LogP contribution in [-0.4, -0.2) is 7.11 Å². The van der Waals surface area contributed by atoms with Crippen LogP contribution in [0.5, 0.6) is 5.75 Å². The second-order valence-electron chi connectivity index (χ2n) is 2.29. The Labute approximate surface area is 84.0 Å². The van der Waals surface area contributed by atoms with Gasteiger partial charge in [0.25, 0.3) is 0 Å². The fraction of sp³-hybridized carbons (Fsp3) is 0.250.